The molecule has 0 radical (unpaired) electrons. The molecule has 0 bridgehead atoms. The topological polar surface area (TPSA) is 112 Å². The summed E-state index contributed by atoms with van der Waals surface area (Å²) in [4.78, 5) is 38.2. The van der Waals surface area contributed by atoms with E-state index in [0.29, 0.717) is 12.2 Å². The van der Waals surface area contributed by atoms with Gasteiger partial charge in [-0.2, -0.15) is 0 Å². The minimum absolute atomic E-state index is 0.0462. The smallest absolute Gasteiger partial charge is 0.352 e. The van der Waals surface area contributed by atoms with Crippen molar-refractivity contribution in [2.75, 3.05) is 7.11 Å². The van der Waals surface area contributed by atoms with Crippen LogP contribution in [0.25, 0.3) is 0 Å². The monoisotopic (exact) mass is 290 g/mol. The zero-order valence-electron chi connectivity index (χ0n) is 11.3. The summed E-state index contributed by atoms with van der Waals surface area (Å²) < 4.78 is 5.10. The predicted octanol–water partition coefficient (Wildman–Crippen LogP) is 0.555. The van der Waals surface area contributed by atoms with Crippen LogP contribution < -0.4 is 16.0 Å². The van der Waals surface area contributed by atoms with Crippen molar-refractivity contribution in [1.29, 1.82) is 0 Å². The maximum Gasteiger partial charge on any atom is 0.352 e. The van der Waals surface area contributed by atoms with E-state index in [4.69, 9.17) is 9.84 Å². The molecule has 0 amide bonds. The van der Waals surface area contributed by atoms with Crippen molar-refractivity contribution in [3.8, 4) is 5.75 Å². The molecule has 2 rings (SSSR count). The van der Waals surface area contributed by atoms with Crippen LogP contribution in [0, 0.1) is 0 Å². The lowest BCUT2D eigenvalue weighted by atomic mass is 10.0. The molecule has 110 valence electrons. The van der Waals surface area contributed by atoms with E-state index in [2.05, 4.69) is 4.98 Å². The number of hydrogen-bond acceptors (Lipinski definition) is 4. The van der Waals surface area contributed by atoms with Crippen LogP contribution in [-0.4, -0.2) is 28.2 Å². The Labute approximate surface area is 119 Å². The second-order valence-electron chi connectivity index (χ2n) is 4.42. The van der Waals surface area contributed by atoms with E-state index in [1.165, 1.54) is 0 Å². The number of methoxy groups -OCH3 is 1. The van der Waals surface area contributed by atoms with Gasteiger partial charge in [0.05, 0.1) is 7.11 Å². The molecule has 0 unspecified atom stereocenters. The average molecular weight is 290 g/mol. The van der Waals surface area contributed by atoms with Crippen LogP contribution in [-0.2, 0) is 12.8 Å². The third-order valence-corrected chi connectivity index (χ3v) is 3.05. The highest BCUT2D eigenvalue weighted by molar-refractivity contribution is 5.86. The molecule has 3 N–H and O–H groups in total. The fourth-order valence-electron chi connectivity index (χ4n) is 2.03. The molecule has 1 aromatic carbocycles. The number of carbonyl (C=O) groups is 1. The van der Waals surface area contributed by atoms with Gasteiger partial charge in [-0.25, -0.2) is 9.59 Å². The quantitative estimate of drug-likeness (QED) is 0.744. The molecular formula is C14H14N2O5. The molecular weight excluding hydrogens is 276 g/mol. The Hall–Kier alpha value is -2.83. The third kappa shape index (κ3) is 3.38. The third-order valence-electron chi connectivity index (χ3n) is 3.05. The van der Waals surface area contributed by atoms with Gasteiger partial charge in [0.25, 0.3) is 5.56 Å². The van der Waals surface area contributed by atoms with Crippen LogP contribution in [0.2, 0.25) is 0 Å². The lowest BCUT2D eigenvalue weighted by molar-refractivity contribution is 0.0688. The van der Waals surface area contributed by atoms with E-state index in [9.17, 15) is 14.4 Å². The predicted molar refractivity (Wildman–Crippen MR) is 75.0 cm³/mol. The molecule has 0 fully saturated rings. The van der Waals surface area contributed by atoms with Gasteiger partial charge in [-0.3, -0.25) is 9.78 Å². The number of carboxylic acid groups (broad SMARTS) is 1. The zero-order valence-corrected chi connectivity index (χ0v) is 11.3. The van der Waals surface area contributed by atoms with E-state index in [0.717, 1.165) is 5.56 Å². The number of carboxylic acids is 1. The van der Waals surface area contributed by atoms with E-state index in [1.807, 2.05) is 17.1 Å². The first-order valence-electron chi connectivity index (χ1n) is 6.23. The molecule has 2 aromatic rings. The van der Waals surface area contributed by atoms with Crippen LogP contribution in [0.15, 0.2) is 33.9 Å². The van der Waals surface area contributed by atoms with E-state index >= 15 is 0 Å². The molecule has 0 aliphatic carbocycles. The number of ether oxygens (including phenoxy) is 1. The Kier molecular flexibility index (Phi) is 4.22. The zero-order chi connectivity index (χ0) is 15.4. The molecule has 0 aliphatic rings. The van der Waals surface area contributed by atoms with Gasteiger partial charge in [-0.05, 0) is 30.5 Å². The number of aromatic nitrogens is 2. The average Bonchev–Trinajstić information content (AvgIpc) is 2.45. The second-order valence-corrected chi connectivity index (χ2v) is 4.42. The largest absolute Gasteiger partial charge is 0.497 e. The number of aromatic carboxylic acids is 1. The Morgan fingerprint density at radius 2 is 2.00 bits per heavy atom. The van der Waals surface area contributed by atoms with Crippen molar-refractivity contribution in [2.24, 2.45) is 0 Å². The number of aromatic amines is 2. The molecule has 0 aliphatic heterocycles. The minimum atomic E-state index is -1.33. The summed E-state index contributed by atoms with van der Waals surface area (Å²) >= 11 is 0. The molecule has 21 heavy (non-hydrogen) atoms. The van der Waals surface area contributed by atoms with Gasteiger partial charge < -0.3 is 14.8 Å². The SMILES string of the molecule is COc1cccc(CCc2c(C(=O)O)[nH]c(=O)[nH]c2=O)c1. The Morgan fingerprint density at radius 3 is 2.67 bits per heavy atom. The first-order valence-corrected chi connectivity index (χ1v) is 6.23. The maximum atomic E-state index is 11.7. The van der Waals surface area contributed by atoms with Gasteiger partial charge in [0.15, 0.2) is 0 Å². The van der Waals surface area contributed by atoms with Gasteiger partial charge in [-0.15, -0.1) is 0 Å². The van der Waals surface area contributed by atoms with Gasteiger partial charge in [-0.1, -0.05) is 12.1 Å². The number of aryl methyl sites for hydroxylation is 1. The molecule has 7 heteroatoms. The number of benzene rings is 1. The fraction of sp³-hybridized carbons (Fsp3) is 0.214. The van der Waals surface area contributed by atoms with Crippen LogP contribution in [0.4, 0.5) is 0 Å². The van der Waals surface area contributed by atoms with Gasteiger partial charge in [0, 0.05) is 5.56 Å². The van der Waals surface area contributed by atoms with E-state index in [-0.39, 0.29) is 17.7 Å². The highest BCUT2D eigenvalue weighted by Crippen LogP contribution is 2.14. The number of rotatable bonds is 5. The molecule has 1 heterocycles. The summed E-state index contributed by atoms with van der Waals surface area (Å²) in [6.07, 6.45) is 0.646. The summed E-state index contributed by atoms with van der Waals surface area (Å²) in [5, 5.41) is 9.05. The Morgan fingerprint density at radius 1 is 1.24 bits per heavy atom. The molecule has 1 aromatic heterocycles. The molecule has 7 nitrogen and oxygen atoms in total. The second kappa shape index (κ2) is 6.08. The van der Waals surface area contributed by atoms with Crippen LogP contribution in [0.5, 0.6) is 5.75 Å². The fourth-order valence-corrected chi connectivity index (χ4v) is 2.03. The Balaban J connectivity index is 2.29. The number of hydrogen-bond donors (Lipinski definition) is 3. The van der Waals surface area contributed by atoms with Crippen LogP contribution >= 0.6 is 0 Å². The van der Waals surface area contributed by atoms with Crippen molar-refractivity contribution < 1.29 is 14.6 Å². The normalized spacial score (nSPS) is 10.3. The first kappa shape index (κ1) is 14.6. The lowest BCUT2D eigenvalue weighted by Gasteiger charge is -2.06. The summed E-state index contributed by atoms with van der Waals surface area (Å²) in [5.41, 5.74) is -0.936. The molecule has 0 saturated heterocycles. The summed E-state index contributed by atoms with van der Waals surface area (Å²) in [7, 11) is 1.55. The van der Waals surface area contributed by atoms with Crippen molar-refractivity contribution in [2.45, 2.75) is 12.8 Å². The summed E-state index contributed by atoms with van der Waals surface area (Å²) in [5.74, 6) is -0.653. The molecule has 0 atom stereocenters. The first-order chi connectivity index (χ1) is 10.0. The summed E-state index contributed by atoms with van der Waals surface area (Å²) in [6, 6.07) is 7.26. The van der Waals surface area contributed by atoms with Crippen molar-refractivity contribution in [3.05, 3.63) is 61.9 Å². The minimum Gasteiger partial charge on any atom is -0.497 e. The molecule has 0 saturated carbocycles. The Bertz CT molecular complexity index is 775. The summed E-state index contributed by atoms with van der Waals surface area (Å²) in [6.45, 7) is 0. The highest BCUT2D eigenvalue weighted by Gasteiger charge is 2.15. The van der Waals surface area contributed by atoms with Crippen molar-refractivity contribution in [3.63, 3.8) is 0 Å². The van der Waals surface area contributed by atoms with Crippen LogP contribution in [0.3, 0.4) is 0 Å². The van der Waals surface area contributed by atoms with Crippen molar-refractivity contribution in [1.82, 2.24) is 9.97 Å². The standard InChI is InChI=1S/C14H14N2O5/c1-21-9-4-2-3-8(7-9)5-6-10-11(13(18)19)15-14(20)16-12(10)17/h2-4,7H,5-6H2,1H3,(H,18,19)(H2,15,16,17,20). The van der Waals surface area contributed by atoms with Crippen molar-refractivity contribution >= 4 is 5.97 Å². The number of H-pyrrole nitrogens is 2. The number of nitrogens with one attached hydrogen (secondary N) is 2. The van der Waals surface area contributed by atoms with E-state index in [1.54, 1.807) is 19.2 Å². The highest BCUT2D eigenvalue weighted by atomic mass is 16.5. The van der Waals surface area contributed by atoms with Crippen LogP contribution in [0.1, 0.15) is 21.6 Å². The molecule has 0 spiro atoms. The van der Waals surface area contributed by atoms with Gasteiger partial charge >= 0.3 is 11.7 Å². The van der Waals surface area contributed by atoms with E-state index < -0.39 is 17.2 Å². The van der Waals surface area contributed by atoms with Gasteiger partial charge in [0.1, 0.15) is 11.4 Å². The van der Waals surface area contributed by atoms with Gasteiger partial charge in [0.2, 0.25) is 0 Å². The lowest BCUT2D eigenvalue weighted by Crippen LogP contribution is -2.30. The maximum absolute atomic E-state index is 11.7.